The van der Waals surface area contributed by atoms with Gasteiger partial charge in [0, 0.05) is 16.2 Å². The average molecular weight is 421 g/mol. The molecule has 0 aliphatic heterocycles. The summed E-state index contributed by atoms with van der Waals surface area (Å²) in [5.74, 6) is -0.358. The van der Waals surface area contributed by atoms with Gasteiger partial charge in [-0.2, -0.15) is 13.2 Å². The third kappa shape index (κ3) is 4.10. The van der Waals surface area contributed by atoms with Crippen LogP contribution in [-0.4, -0.2) is 26.4 Å². The molecular formula is C14H12BrF3N4OS. The number of halogens is 4. The average Bonchev–Trinajstić information content (AvgIpc) is 3.24. The van der Waals surface area contributed by atoms with E-state index < -0.39 is 17.6 Å². The highest BCUT2D eigenvalue weighted by Gasteiger charge is 2.33. The smallest absolute Gasteiger partial charge is 0.325 e. The molecule has 24 heavy (non-hydrogen) atoms. The Morgan fingerprint density at radius 3 is 2.83 bits per heavy atom. The van der Waals surface area contributed by atoms with E-state index in [1.807, 2.05) is 4.57 Å². The zero-order valence-electron chi connectivity index (χ0n) is 12.2. The minimum Gasteiger partial charge on any atom is -0.325 e. The fraction of sp³-hybridized carbons (Fsp3) is 0.357. The summed E-state index contributed by atoms with van der Waals surface area (Å²) in [5.41, 5.74) is -0.735. The van der Waals surface area contributed by atoms with Crippen LogP contribution in [0.5, 0.6) is 0 Å². The van der Waals surface area contributed by atoms with E-state index in [2.05, 4.69) is 31.4 Å². The van der Waals surface area contributed by atoms with Crippen LogP contribution in [0.25, 0.3) is 0 Å². The Labute approximate surface area is 148 Å². The largest absolute Gasteiger partial charge is 0.417 e. The van der Waals surface area contributed by atoms with Crippen molar-refractivity contribution < 1.29 is 18.0 Å². The molecule has 1 aromatic heterocycles. The first-order valence-electron chi connectivity index (χ1n) is 7.03. The van der Waals surface area contributed by atoms with Crippen LogP contribution in [0.2, 0.25) is 0 Å². The van der Waals surface area contributed by atoms with Gasteiger partial charge in [0.25, 0.3) is 0 Å². The molecule has 128 valence electrons. The third-order valence-electron chi connectivity index (χ3n) is 3.37. The summed E-state index contributed by atoms with van der Waals surface area (Å²) in [5, 5.41) is 10.9. The molecule has 0 radical (unpaired) electrons. The molecule has 1 N–H and O–H groups in total. The number of carbonyl (C=O) groups excluding carboxylic acids is 1. The molecule has 0 bridgehead atoms. The highest BCUT2D eigenvalue weighted by Crippen LogP contribution is 2.38. The fourth-order valence-electron chi connectivity index (χ4n) is 2.09. The minimum absolute atomic E-state index is 0.0445. The summed E-state index contributed by atoms with van der Waals surface area (Å²) in [4.78, 5) is 12.0. The number of hydrogen-bond donors (Lipinski definition) is 1. The normalized spacial score (nSPS) is 14.7. The van der Waals surface area contributed by atoms with Crippen molar-refractivity contribution in [2.45, 2.75) is 30.2 Å². The Balaban J connectivity index is 1.61. The molecule has 0 unspecified atom stereocenters. The van der Waals surface area contributed by atoms with Gasteiger partial charge in [-0.05, 0) is 31.0 Å². The van der Waals surface area contributed by atoms with Crippen molar-refractivity contribution in [2.24, 2.45) is 0 Å². The zero-order chi connectivity index (χ0) is 17.3. The maximum Gasteiger partial charge on any atom is 0.417 e. The third-order valence-corrected chi connectivity index (χ3v) is 5.02. The molecular weight excluding hydrogens is 409 g/mol. The molecule has 1 aromatic carbocycles. The molecule has 1 saturated carbocycles. The van der Waals surface area contributed by atoms with Gasteiger partial charge in [0.2, 0.25) is 5.91 Å². The number of alkyl halides is 3. The molecule has 0 atom stereocenters. The van der Waals surface area contributed by atoms with Crippen molar-refractivity contribution in [3.05, 3.63) is 34.6 Å². The van der Waals surface area contributed by atoms with Gasteiger partial charge in [-0.25, -0.2) is 0 Å². The molecule has 2 aromatic rings. The number of nitrogens with zero attached hydrogens (tertiary/aromatic N) is 3. The first kappa shape index (κ1) is 17.3. The van der Waals surface area contributed by atoms with E-state index >= 15 is 0 Å². The van der Waals surface area contributed by atoms with Crippen molar-refractivity contribution in [3.63, 3.8) is 0 Å². The standard InChI is InChI=1S/C14H12BrF3N4OS/c15-11-4-1-8(5-10(11)14(16,17)18)20-12(23)6-24-13-21-19-7-22(13)9-2-3-9/h1,4-5,7,9H,2-3,6H2,(H,20,23). The number of rotatable bonds is 5. The molecule has 1 aliphatic carbocycles. The molecule has 0 saturated heterocycles. The number of benzene rings is 1. The second-order valence-corrected chi connectivity index (χ2v) is 7.08. The van der Waals surface area contributed by atoms with Crippen molar-refractivity contribution >= 4 is 39.3 Å². The van der Waals surface area contributed by atoms with Gasteiger partial charge in [0.05, 0.1) is 11.3 Å². The molecule has 1 amide bonds. The summed E-state index contributed by atoms with van der Waals surface area (Å²) in [7, 11) is 0. The molecule has 1 heterocycles. The van der Waals surface area contributed by atoms with Crippen molar-refractivity contribution in [3.8, 4) is 0 Å². The van der Waals surface area contributed by atoms with Gasteiger partial charge < -0.3 is 9.88 Å². The lowest BCUT2D eigenvalue weighted by atomic mass is 10.2. The summed E-state index contributed by atoms with van der Waals surface area (Å²) in [6.07, 6.45) is -0.731. The maximum atomic E-state index is 12.9. The number of hydrogen-bond acceptors (Lipinski definition) is 4. The molecule has 10 heteroatoms. The van der Waals surface area contributed by atoms with Crippen LogP contribution in [0.3, 0.4) is 0 Å². The molecule has 0 spiro atoms. The minimum atomic E-state index is -4.49. The van der Waals surface area contributed by atoms with E-state index in [1.165, 1.54) is 23.9 Å². The molecule has 1 fully saturated rings. The predicted molar refractivity (Wildman–Crippen MR) is 86.8 cm³/mol. The molecule has 3 rings (SSSR count). The number of carbonyl (C=O) groups is 1. The van der Waals surface area contributed by atoms with Gasteiger partial charge in [0.1, 0.15) is 6.33 Å². The Bertz CT molecular complexity index is 761. The molecule has 5 nitrogen and oxygen atoms in total. The van der Waals surface area contributed by atoms with Gasteiger partial charge in [-0.1, -0.05) is 27.7 Å². The lowest BCUT2D eigenvalue weighted by molar-refractivity contribution is -0.138. The number of thioether (sulfide) groups is 1. The highest BCUT2D eigenvalue weighted by molar-refractivity contribution is 9.10. The lowest BCUT2D eigenvalue weighted by Crippen LogP contribution is -2.15. The van der Waals surface area contributed by atoms with Crippen LogP contribution in [0, 0.1) is 0 Å². The first-order chi connectivity index (χ1) is 11.3. The first-order valence-corrected chi connectivity index (χ1v) is 8.81. The fourth-order valence-corrected chi connectivity index (χ4v) is 3.34. The van der Waals surface area contributed by atoms with E-state index in [9.17, 15) is 18.0 Å². The second kappa shape index (κ2) is 6.75. The number of amides is 1. The number of anilines is 1. The van der Waals surface area contributed by atoms with Crippen molar-refractivity contribution in [1.82, 2.24) is 14.8 Å². The van der Waals surface area contributed by atoms with Gasteiger partial charge in [-0.3, -0.25) is 4.79 Å². The van der Waals surface area contributed by atoms with Crippen LogP contribution in [0.4, 0.5) is 18.9 Å². The number of aromatic nitrogens is 3. The summed E-state index contributed by atoms with van der Waals surface area (Å²) in [6, 6.07) is 3.97. The van der Waals surface area contributed by atoms with Gasteiger partial charge in [-0.15, -0.1) is 10.2 Å². The number of nitrogens with one attached hydrogen (secondary N) is 1. The summed E-state index contributed by atoms with van der Waals surface area (Å²) in [6.45, 7) is 0. The van der Waals surface area contributed by atoms with E-state index in [-0.39, 0.29) is 15.9 Å². The zero-order valence-corrected chi connectivity index (χ0v) is 14.6. The monoisotopic (exact) mass is 420 g/mol. The van der Waals surface area contributed by atoms with E-state index in [0.29, 0.717) is 11.2 Å². The van der Waals surface area contributed by atoms with Crippen LogP contribution < -0.4 is 5.32 Å². The van der Waals surface area contributed by atoms with Gasteiger partial charge >= 0.3 is 6.18 Å². The summed E-state index contributed by atoms with van der Waals surface area (Å²) >= 11 is 4.07. The topological polar surface area (TPSA) is 59.8 Å². The van der Waals surface area contributed by atoms with Crippen molar-refractivity contribution in [2.75, 3.05) is 11.1 Å². The Morgan fingerprint density at radius 1 is 1.42 bits per heavy atom. The van der Waals surface area contributed by atoms with Crippen LogP contribution in [-0.2, 0) is 11.0 Å². The lowest BCUT2D eigenvalue weighted by Gasteiger charge is -2.12. The van der Waals surface area contributed by atoms with Crippen LogP contribution in [0.1, 0.15) is 24.4 Å². The van der Waals surface area contributed by atoms with E-state index in [0.717, 1.165) is 18.9 Å². The van der Waals surface area contributed by atoms with Crippen molar-refractivity contribution in [1.29, 1.82) is 0 Å². The van der Waals surface area contributed by atoms with E-state index in [1.54, 1.807) is 6.33 Å². The Kier molecular flexibility index (Phi) is 4.86. The summed E-state index contributed by atoms with van der Waals surface area (Å²) < 4.78 is 40.4. The van der Waals surface area contributed by atoms with Crippen LogP contribution in [0.15, 0.2) is 34.2 Å². The quantitative estimate of drug-likeness (QED) is 0.738. The SMILES string of the molecule is O=C(CSc1nncn1C1CC1)Nc1ccc(Br)c(C(F)(F)F)c1. The maximum absolute atomic E-state index is 12.9. The predicted octanol–water partition coefficient (Wildman–Crippen LogP) is 4.13. The van der Waals surface area contributed by atoms with Crippen LogP contribution >= 0.6 is 27.7 Å². The Hall–Kier alpha value is -1.55. The van der Waals surface area contributed by atoms with E-state index in [4.69, 9.17) is 0 Å². The highest BCUT2D eigenvalue weighted by atomic mass is 79.9. The van der Waals surface area contributed by atoms with Gasteiger partial charge in [0.15, 0.2) is 5.16 Å². The second-order valence-electron chi connectivity index (χ2n) is 5.28. The molecule has 1 aliphatic rings. The Morgan fingerprint density at radius 2 is 2.17 bits per heavy atom.